The Morgan fingerprint density at radius 2 is 0.476 bits per heavy atom. The zero-order chi connectivity index (χ0) is 60.2. The Morgan fingerprint density at radius 1 is 0.256 bits per heavy atom. The Labute approximate surface area is 513 Å². The zero-order valence-electron chi connectivity index (χ0n) is 56.8. The third-order valence-electron chi connectivity index (χ3n) is 17.9. The molecule has 0 spiro atoms. The van der Waals surface area contributed by atoms with Crippen LogP contribution in [0.5, 0.6) is 0 Å². The Morgan fingerprint density at radius 3 is 0.732 bits per heavy atom. The SMILES string of the molecule is CCCCCCCCCCC(O)CN(CCC)CCN(CC(O)CCCCCCCCCC)CC(O)CCCCCCCCCC.CCCCCCCCCCC(O)CN(CCN1CCN(C)CC1)CC(O)CCCCCCCCCC. The molecule has 1 aliphatic rings. The highest BCUT2D eigenvalue weighted by molar-refractivity contribution is 4.76. The van der Waals surface area contributed by atoms with Crippen LogP contribution < -0.4 is 0 Å². The largest absolute Gasteiger partial charge is 0.392 e. The predicted octanol–water partition coefficient (Wildman–Crippen LogP) is 17.0. The van der Waals surface area contributed by atoms with Crippen LogP contribution in [-0.4, -0.2) is 179 Å². The van der Waals surface area contributed by atoms with Gasteiger partial charge in [-0.15, -0.1) is 0 Å². The highest BCUT2D eigenvalue weighted by Crippen LogP contribution is 2.18. The molecule has 10 heteroatoms. The van der Waals surface area contributed by atoms with Crippen molar-refractivity contribution in [3.8, 4) is 0 Å². The van der Waals surface area contributed by atoms with E-state index in [1.807, 2.05) is 0 Å². The van der Waals surface area contributed by atoms with Gasteiger partial charge in [-0.25, -0.2) is 0 Å². The molecule has 0 amide bonds. The van der Waals surface area contributed by atoms with Crippen LogP contribution in [0.4, 0.5) is 0 Å². The summed E-state index contributed by atoms with van der Waals surface area (Å²) in [5.74, 6) is 0. The number of unbranched alkanes of at least 4 members (excludes halogenated alkanes) is 35. The lowest BCUT2D eigenvalue weighted by atomic mass is 10.0. The quantitative estimate of drug-likeness (QED) is 0.0377. The summed E-state index contributed by atoms with van der Waals surface area (Å²) in [6.07, 6.45) is 55.8. The molecule has 0 saturated carbocycles. The maximum atomic E-state index is 11.0. The molecule has 494 valence electrons. The first-order valence-corrected chi connectivity index (χ1v) is 37.0. The van der Waals surface area contributed by atoms with E-state index in [2.05, 4.69) is 73.1 Å². The predicted molar refractivity (Wildman–Crippen MR) is 360 cm³/mol. The molecule has 0 aromatic rings. The number of hydrogen-bond acceptors (Lipinski definition) is 10. The van der Waals surface area contributed by atoms with Crippen LogP contribution in [0.3, 0.4) is 0 Å². The van der Waals surface area contributed by atoms with Crippen LogP contribution in [0.15, 0.2) is 0 Å². The van der Waals surface area contributed by atoms with Crippen LogP contribution in [0.2, 0.25) is 0 Å². The topological polar surface area (TPSA) is 117 Å². The van der Waals surface area contributed by atoms with Gasteiger partial charge in [0.2, 0.25) is 0 Å². The van der Waals surface area contributed by atoms with Gasteiger partial charge in [-0.3, -0.25) is 19.6 Å². The maximum Gasteiger partial charge on any atom is 0.0667 e. The van der Waals surface area contributed by atoms with Crippen molar-refractivity contribution < 1.29 is 25.5 Å². The third-order valence-corrected chi connectivity index (χ3v) is 17.9. The first-order valence-electron chi connectivity index (χ1n) is 37.0. The number of nitrogens with zero attached hydrogens (tertiary/aromatic N) is 5. The summed E-state index contributed by atoms with van der Waals surface area (Å²) in [5.41, 5.74) is 0. The van der Waals surface area contributed by atoms with Gasteiger partial charge in [0.15, 0.2) is 0 Å². The van der Waals surface area contributed by atoms with Gasteiger partial charge in [-0.1, -0.05) is 298 Å². The molecule has 82 heavy (non-hydrogen) atoms. The van der Waals surface area contributed by atoms with Crippen molar-refractivity contribution >= 4 is 0 Å². The molecule has 5 N–H and O–H groups in total. The lowest BCUT2D eigenvalue weighted by molar-refractivity contribution is 0.0482. The summed E-state index contributed by atoms with van der Waals surface area (Å²) in [4.78, 5) is 12.0. The van der Waals surface area contributed by atoms with Gasteiger partial charge in [0.05, 0.1) is 30.5 Å². The molecule has 1 heterocycles. The highest BCUT2D eigenvalue weighted by Gasteiger charge is 2.21. The second-order valence-corrected chi connectivity index (χ2v) is 26.6. The van der Waals surface area contributed by atoms with Gasteiger partial charge >= 0.3 is 0 Å². The van der Waals surface area contributed by atoms with Crippen molar-refractivity contribution in [2.45, 2.75) is 367 Å². The molecule has 5 unspecified atom stereocenters. The van der Waals surface area contributed by atoms with Gasteiger partial charge in [0, 0.05) is 85.1 Å². The third kappa shape index (κ3) is 57.4. The van der Waals surface area contributed by atoms with E-state index in [-0.39, 0.29) is 30.5 Å². The summed E-state index contributed by atoms with van der Waals surface area (Å²) in [6.45, 7) is 26.3. The Balaban J connectivity index is 0.00000165. The van der Waals surface area contributed by atoms with Crippen LogP contribution in [0.25, 0.3) is 0 Å². The fourth-order valence-electron chi connectivity index (χ4n) is 12.3. The van der Waals surface area contributed by atoms with Crippen LogP contribution in [-0.2, 0) is 0 Å². The normalized spacial score (nSPS) is 15.4. The fraction of sp³-hybridized carbons (Fsp3) is 1.00. The molecular weight excluding hydrogens is 1010 g/mol. The maximum absolute atomic E-state index is 11.0. The van der Waals surface area contributed by atoms with Crippen molar-refractivity contribution in [2.24, 2.45) is 0 Å². The van der Waals surface area contributed by atoms with Gasteiger partial charge in [0.1, 0.15) is 0 Å². The first kappa shape index (κ1) is 81.6. The number of aliphatic hydroxyl groups excluding tert-OH is 5. The summed E-state index contributed by atoms with van der Waals surface area (Å²) < 4.78 is 0. The van der Waals surface area contributed by atoms with Crippen LogP contribution in [0, 0.1) is 0 Å². The second-order valence-electron chi connectivity index (χ2n) is 26.6. The summed E-state index contributed by atoms with van der Waals surface area (Å²) in [6, 6.07) is 0. The summed E-state index contributed by atoms with van der Waals surface area (Å²) in [5, 5.41) is 54.3. The zero-order valence-corrected chi connectivity index (χ0v) is 56.8. The minimum Gasteiger partial charge on any atom is -0.392 e. The first-order chi connectivity index (χ1) is 40.0. The molecule has 1 fully saturated rings. The van der Waals surface area contributed by atoms with Crippen LogP contribution >= 0.6 is 0 Å². The number of hydrogen-bond donors (Lipinski definition) is 5. The molecule has 5 atom stereocenters. The lowest BCUT2D eigenvalue weighted by Gasteiger charge is -2.35. The molecule has 10 nitrogen and oxygen atoms in total. The van der Waals surface area contributed by atoms with Crippen molar-refractivity contribution in [3.63, 3.8) is 0 Å². The van der Waals surface area contributed by atoms with E-state index < -0.39 is 0 Å². The number of likely N-dealkylation sites (N-methyl/N-ethyl adjacent to an activating group) is 1. The van der Waals surface area contributed by atoms with Gasteiger partial charge < -0.3 is 30.4 Å². The molecular formula is C72H151N5O5. The van der Waals surface area contributed by atoms with Gasteiger partial charge in [-0.2, -0.15) is 0 Å². The summed E-state index contributed by atoms with van der Waals surface area (Å²) >= 11 is 0. The van der Waals surface area contributed by atoms with Crippen LogP contribution in [0.1, 0.15) is 337 Å². The molecule has 0 aromatic carbocycles. The second kappa shape index (κ2) is 63.6. The van der Waals surface area contributed by atoms with Crippen molar-refractivity contribution in [3.05, 3.63) is 0 Å². The Bertz CT molecular complexity index is 1160. The van der Waals surface area contributed by atoms with Gasteiger partial charge in [-0.05, 0) is 52.1 Å². The molecule has 1 rings (SSSR count). The van der Waals surface area contributed by atoms with Crippen molar-refractivity contribution in [1.29, 1.82) is 0 Å². The highest BCUT2D eigenvalue weighted by atomic mass is 16.3. The minimum absolute atomic E-state index is 0.264. The Kier molecular flexibility index (Phi) is 63.3. The molecule has 0 bridgehead atoms. The van der Waals surface area contributed by atoms with E-state index in [0.717, 1.165) is 136 Å². The van der Waals surface area contributed by atoms with Gasteiger partial charge in [0.25, 0.3) is 0 Å². The average molecular weight is 1170 g/mol. The molecule has 0 aliphatic carbocycles. The summed E-state index contributed by atoms with van der Waals surface area (Å²) in [7, 11) is 2.20. The van der Waals surface area contributed by atoms with E-state index in [4.69, 9.17) is 0 Å². The molecule has 1 aliphatic heterocycles. The average Bonchev–Trinajstić information content (AvgIpc) is 3.46. The smallest absolute Gasteiger partial charge is 0.0667 e. The monoisotopic (exact) mass is 1170 g/mol. The molecule has 0 radical (unpaired) electrons. The number of aliphatic hydroxyl groups is 5. The van der Waals surface area contributed by atoms with E-state index in [9.17, 15) is 25.5 Å². The van der Waals surface area contributed by atoms with E-state index >= 15 is 0 Å². The van der Waals surface area contributed by atoms with E-state index in [1.165, 1.54) is 225 Å². The minimum atomic E-state index is -0.331. The number of rotatable bonds is 63. The van der Waals surface area contributed by atoms with E-state index in [1.54, 1.807) is 0 Å². The Hall–Kier alpha value is -0.400. The fourth-order valence-corrected chi connectivity index (χ4v) is 12.3. The molecule has 1 saturated heterocycles. The van der Waals surface area contributed by atoms with E-state index in [0.29, 0.717) is 26.2 Å². The lowest BCUT2D eigenvalue weighted by Crippen LogP contribution is -2.48. The van der Waals surface area contributed by atoms with Crippen molar-refractivity contribution in [1.82, 2.24) is 24.5 Å². The number of piperazine rings is 1. The molecule has 0 aromatic heterocycles. The standard InChI is InChI=1S/C41H86N2O3.C31H65N3O2/c1-5-9-12-15-18-21-24-27-30-39(44)36-42(33-8-4)34-35-43(37-40(45)31-28-25-22-19-16-13-10-6-2)38-41(46)32-29-26-23-20-17-14-11-7-3;1-4-6-8-10-12-14-16-18-20-30(35)28-34(27-26-33-24-22-32(3)23-25-33)29-31(36)21-19-17-15-13-11-9-7-5-2/h39-41,44-46H,5-38H2,1-4H3;30-31,35-36H,4-29H2,1-3H3. The van der Waals surface area contributed by atoms with Crippen molar-refractivity contribution in [2.75, 3.05) is 98.7 Å².